The van der Waals surface area contributed by atoms with Gasteiger partial charge in [-0.2, -0.15) is 9.90 Å². The fourth-order valence-electron chi connectivity index (χ4n) is 0.965. The van der Waals surface area contributed by atoms with E-state index >= 15 is 0 Å². The SMILES string of the molecule is NC(=O)C1CCCCO1.P. The molecular weight excluding hydrogens is 149 g/mol. The van der Waals surface area contributed by atoms with E-state index in [4.69, 9.17) is 10.5 Å². The van der Waals surface area contributed by atoms with Gasteiger partial charge in [0, 0.05) is 6.61 Å². The summed E-state index contributed by atoms with van der Waals surface area (Å²) < 4.78 is 5.06. The maximum absolute atomic E-state index is 10.5. The highest BCUT2D eigenvalue weighted by atomic mass is 31.0. The van der Waals surface area contributed by atoms with Crippen molar-refractivity contribution in [3.8, 4) is 0 Å². The second-order valence-electron chi connectivity index (χ2n) is 2.26. The van der Waals surface area contributed by atoms with Crippen molar-refractivity contribution in [2.45, 2.75) is 25.4 Å². The van der Waals surface area contributed by atoms with Crippen molar-refractivity contribution >= 4 is 15.8 Å². The summed E-state index contributed by atoms with van der Waals surface area (Å²) in [6.07, 6.45) is 2.62. The van der Waals surface area contributed by atoms with Crippen LogP contribution in [0, 0.1) is 0 Å². The van der Waals surface area contributed by atoms with E-state index in [9.17, 15) is 4.79 Å². The molecule has 1 heterocycles. The summed E-state index contributed by atoms with van der Waals surface area (Å²) in [6, 6.07) is 0. The number of rotatable bonds is 1. The summed E-state index contributed by atoms with van der Waals surface area (Å²) in [5, 5.41) is 0. The first kappa shape index (κ1) is 9.86. The van der Waals surface area contributed by atoms with E-state index in [1.807, 2.05) is 0 Å². The number of hydrogen-bond donors (Lipinski definition) is 1. The van der Waals surface area contributed by atoms with Crippen LogP contribution in [-0.4, -0.2) is 18.6 Å². The Bertz CT molecular complexity index is 112. The molecule has 0 radical (unpaired) electrons. The van der Waals surface area contributed by atoms with Gasteiger partial charge < -0.3 is 10.5 Å². The van der Waals surface area contributed by atoms with Crippen LogP contribution in [0.5, 0.6) is 0 Å². The van der Waals surface area contributed by atoms with Crippen LogP contribution < -0.4 is 5.73 Å². The number of ether oxygens (including phenoxy) is 1. The standard InChI is InChI=1S/C6H11NO2.H3P/c7-6(8)5-3-1-2-4-9-5;/h5H,1-4H2,(H2,7,8);1H3. The third-order valence-electron chi connectivity index (χ3n) is 1.50. The summed E-state index contributed by atoms with van der Waals surface area (Å²) in [6.45, 7) is 0.688. The normalized spacial score (nSPS) is 25.0. The van der Waals surface area contributed by atoms with Gasteiger partial charge in [-0.15, -0.1) is 0 Å². The molecule has 4 heteroatoms. The van der Waals surface area contributed by atoms with Gasteiger partial charge in [0.25, 0.3) is 0 Å². The second kappa shape index (κ2) is 4.64. The fraction of sp³-hybridized carbons (Fsp3) is 0.833. The molecule has 1 rings (SSSR count). The van der Waals surface area contributed by atoms with E-state index in [0.717, 1.165) is 19.3 Å². The van der Waals surface area contributed by atoms with E-state index in [0.29, 0.717) is 6.61 Å². The third kappa shape index (κ3) is 2.63. The van der Waals surface area contributed by atoms with Gasteiger partial charge >= 0.3 is 0 Å². The Kier molecular flexibility index (Phi) is 4.58. The van der Waals surface area contributed by atoms with Crippen LogP contribution >= 0.6 is 9.90 Å². The maximum atomic E-state index is 10.5. The first-order chi connectivity index (χ1) is 4.30. The fourth-order valence-corrected chi connectivity index (χ4v) is 0.965. The van der Waals surface area contributed by atoms with Crippen LogP contribution in [-0.2, 0) is 9.53 Å². The number of carbonyl (C=O) groups is 1. The second-order valence-corrected chi connectivity index (χ2v) is 2.26. The van der Waals surface area contributed by atoms with Gasteiger partial charge in [-0.3, -0.25) is 4.79 Å². The maximum Gasteiger partial charge on any atom is 0.246 e. The van der Waals surface area contributed by atoms with Gasteiger partial charge in [-0.25, -0.2) is 0 Å². The lowest BCUT2D eigenvalue weighted by Crippen LogP contribution is -2.33. The molecule has 10 heavy (non-hydrogen) atoms. The van der Waals surface area contributed by atoms with Crippen molar-refractivity contribution in [3.05, 3.63) is 0 Å². The van der Waals surface area contributed by atoms with E-state index in [-0.39, 0.29) is 21.9 Å². The number of carbonyl (C=O) groups excluding carboxylic acids is 1. The smallest absolute Gasteiger partial charge is 0.246 e. The molecule has 2 N–H and O–H groups in total. The summed E-state index contributed by atoms with van der Waals surface area (Å²) in [7, 11) is 0. The zero-order valence-electron chi connectivity index (χ0n) is 6.01. The monoisotopic (exact) mass is 163 g/mol. The molecule has 1 aliphatic rings. The molecule has 0 aromatic heterocycles. The first-order valence-corrected chi connectivity index (χ1v) is 3.21. The molecule has 2 unspecified atom stereocenters. The van der Waals surface area contributed by atoms with Gasteiger partial charge in [0.1, 0.15) is 6.10 Å². The highest BCUT2D eigenvalue weighted by Gasteiger charge is 2.18. The summed E-state index contributed by atoms with van der Waals surface area (Å²) in [4.78, 5) is 10.5. The van der Waals surface area contributed by atoms with E-state index in [2.05, 4.69) is 0 Å². The molecule has 1 amide bonds. The van der Waals surface area contributed by atoms with Gasteiger partial charge in [0.05, 0.1) is 0 Å². The molecule has 2 atom stereocenters. The number of hydrogen-bond acceptors (Lipinski definition) is 2. The average molecular weight is 163 g/mol. The Balaban J connectivity index is 0.000000810. The molecule has 60 valence electrons. The molecule has 0 bridgehead atoms. The molecule has 0 saturated carbocycles. The third-order valence-corrected chi connectivity index (χ3v) is 1.50. The Morgan fingerprint density at radius 3 is 2.50 bits per heavy atom. The number of nitrogens with two attached hydrogens (primary N) is 1. The van der Waals surface area contributed by atoms with Crippen molar-refractivity contribution in [1.29, 1.82) is 0 Å². The molecule has 1 fully saturated rings. The predicted molar refractivity (Wildman–Crippen MR) is 43.9 cm³/mol. The lowest BCUT2D eigenvalue weighted by Gasteiger charge is -2.18. The van der Waals surface area contributed by atoms with Crippen molar-refractivity contribution in [3.63, 3.8) is 0 Å². The van der Waals surface area contributed by atoms with Gasteiger partial charge in [-0.05, 0) is 19.3 Å². The Morgan fingerprint density at radius 1 is 1.50 bits per heavy atom. The first-order valence-electron chi connectivity index (χ1n) is 3.21. The van der Waals surface area contributed by atoms with Crippen LogP contribution in [0.2, 0.25) is 0 Å². The highest BCUT2D eigenvalue weighted by Crippen LogP contribution is 2.11. The van der Waals surface area contributed by atoms with Crippen LogP contribution in [0.25, 0.3) is 0 Å². The minimum absolute atomic E-state index is 0. The van der Waals surface area contributed by atoms with Gasteiger partial charge in [-0.1, -0.05) is 0 Å². The molecule has 1 aliphatic heterocycles. The summed E-state index contributed by atoms with van der Waals surface area (Å²) in [5.41, 5.74) is 5.00. The molecule has 3 nitrogen and oxygen atoms in total. The lowest BCUT2D eigenvalue weighted by molar-refractivity contribution is -0.132. The predicted octanol–water partition coefficient (Wildman–Crippen LogP) is 0.0989. The minimum atomic E-state index is -0.324. The van der Waals surface area contributed by atoms with Crippen LogP contribution in [0.15, 0.2) is 0 Å². The van der Waals surface area contributed by atoms with E-state index in [1.165, 1.54) is 0 Å². The lowest BCUT2D eigenvalue weighted by atomic mass is 10.1. The van der Waals surface area contributed by atoms with Crippen molar-refractivity contribution in [2.24, 2.45) is 5.73 Å². The van der Waals surface area contributed by atoms with Crippen molar-refractivity contribution in [1.82, 2.24) is 0 Å². The molecule has 0 aliphatic carbocycles. The van der Waals surface area contributed by atoms with Crippen molar-refractivity contribution < 1.29 is 9.53 Å². The van der Waals surface area contributed by atoms with Crippen LogP contribution in [0.4, 0.5) is 0 Å². The Labute approximate surface area is 63.9 Å². The minimum Gasteiger partial charge on any atom is -0.368 e. The highest BCUT2D eigenvalue weighted by molar-refractivity contribution is 6.92. The summed E-state index contributed by atoms with van der Waals surface area (Å²) in [5.74, 6) is -0.324. The van der Waals surface area contributed by atoms with Crippen LogP contribution in [0.1, 0.15) is 19.3 Å². The Hall–Kier alpha value is -0.140. The van der Waals surface area contributed by atoms with E-state index < -0.39 is 0 Å². The Morgan fingerprint density at radius 2 is 2.20 bits per heavy atom. The largest absolute Gasteiger partial charge is 0.368 e. The van der Waals surface area contributed by atoms with Gasteiger partial charge in [0.2, 0.25) is 5.91 Å². The average Bonchev–Trinajstić information content (AvgIpc) is 1.90. The molecule has 0 spiro atoms. The molecule has 0 aromatic rings. The number of primary amides is 1. The molecule has 0 aromatic carbocycles. The van der Waals surface area contributed by atoms with Gasteiger partial charge in [0.15, 0.2) is 0 Å². The van der Waals surface area contributed by atoms with E-state index in [1.54, 1.807) is 0 Å². The van der Waals surface area contributed by atoms with Crippen LogP contribution in [0.3, 0.4) is 0 Å². The molecule has 1 saturated heterocycles. The topological polar surface area (TPSA) is 52.3 Å². The zero-order valence-corrected chi connectivity index (χ0v) is 7.42. The quantitative estimate of drug-likeness (QED) is 0.557. The van der Waals surface area contributed by atoms with Crippen molar-refractivity contribution in [2.75, 3.05) is 6.61 Å². The zero-order chi connectivity index (χ0) is 6.69. The number of amides is 1. The molecular formula is C6H14NO2P. The summed E-state index contributed by atoms with van der Waals surface area (Å²) >= 11 is 0.